The number of esters is 7. The van der Waals surface area contributed by atoms with E-state index in [0.717, 1.165) is 56.8 Å². The third-order valence-electron chi connectivity index (χ3n) is 16.2. The molecular formula is C52H70O15. The lowest BCUT2D eigenvalue weighted by molar-refractivity contribution is -0.217. The Bertz CT molecular complexity index is 2020. The molecule has 0 radical (unpaired) electrons. The van der Waals surface area contributed by atoms with Gasteiger partial charge in [0.1, 0.15) is 23.4 Å². The molecule has 12 rings (SSSR count). The number of carbonyl (C=O) groups is 7. The van der Waals surface area contributed by atoms with Gasteiger partial charge in [-0.1, -0.05) is 33.2 Å². The molecule has 10 saturated carbocycles. The molecule has 15 heteroatoms. The predicted octanol–water partition coefficient (Wildman–Crippen LogP) is 6.92. The molecule has 0 aromatic carbocycles. The first-order chi connectivity index (χ1) is 31.5. The molecule has 0 aromatic heterocycles. The van der Waals surface area contributed by atoms with Crippen LogP contribution in [-0.4, -0.2) is 95.2 Å². The van der Waals surface area contributed by atoms with Crippen LogP contribution in [-0.2, 0) is 66.7 Å². The molecule has 0 spiro atoms. The number of ether oxygens (including phenoxy) is 7. The zero-order valence-electron chi connectivity index (χ0n) is 39.9. The molecule has 8 atom stereocenters. The Morgan fingerprint density at radius 2 is 1.22 bits per heavy atom. The van der Waals surface area contributed by atoms with Gasteiger partial charge < -0.3 is 38.3 Å². The van der Waals surface area contributed by atoms with Crippen molar-refractivity contribution in [1.29, 1.82) is 0 Å². The first kappa shape index (κ1) is 50.1. The first-order valence-corrected chi connectivity index (χ1v) is 24.3. The Morgan fingerprint density at radius 3 is 1.73 bits per heavy atom. The van der Waals surface area contributed by atoms with Gasteiger partial charge in [-0.15, -0.1) is 0 Å². The van der Waals surface area contributed by atoms with Crippen LogP contribution in [0.5, 0.6) is 0 Å². The van der Waals surface area contributed by atoms with Gasteiger partial charge in [0, 0.05) is 47.0 Å². The molecule has 12 aliphatic rings. The van der Waals surface area contributed by atoms with Crippen molar-refractivity contribution in [2.24, 2.45) is 53.3 Å². The van der Waals surface area contributed by atoms with E-state index in [9.17, 15) is 38.7 Å². The molecule has 10 aliphatic carbocycles. The Kier molecular flexibility index (Phi) is 14.7. The Balaban J connectivity index is 0.000000135. The third kappa shape index (κ3) is 10.8. The van der Waals surface area contributed by atoms with E-state index in [1.807, 2.05) is 0 Å². The maximum absolute atomic E-state index is 12.0. The summed E-state index contributed by atoms with van der Waals surface area (Å²) in [5.41, 5.74) is 0.377. The summed E-state index contributed by atoms with van der Waals surface area (Å²) in [7, 11) is 0. The van der Waals surface area contributed by atoms with Crippen LogP contribution in [0.2, 0.25) is 0 Å². The second kappa shape index (κ2) is 19.7. The summed E-state index contributed by atoms with van der Waals surface area (Å²) < 4.78 is 36.4. The topological polar surface area (TPSA) is 204 Å². The molecule has 10 bridgehead atoms. The average Bonchev–Trinajstić information content (AvgIpc) is 3.99. The van der Waals surface area contributed by atoms with Gasteiger partial charge in [-0.05, 0) is 147 Å². The third-order valence-corrected chi connectivity index (χ3v) is 16.2. The van der Waals surface area contributed by atoms with Crippen LogP contribution < -0.4 is 0 Å². The highest BCUT2D eigenvalue weighted by Gasteiger charge is 2.64. The normalized spacial score (nSPS) is 38.8. The summed E-state index contributed by atoms with van der Waals surface area (Å²) in [6, 6.07) is 0. The van der Waals surface area contributed by atoms with Crippen LogP contribution >= 0.6 is 0 Å². The average molecular weight is 935 g/mol. The maximum atomic E-state index is 12.0. The van der Waals surface area contributed by atoms with Crippen LogP contribution in [0.15, 0.2) is 48.6 Å². The van der Waals surface area contributed by atoms with Crippen molar-refractivity contribution >= 4 is 41.8 Å². The van der Waals surface area contributed by atoms with Gasteiger partial charge in [0.25, 0.3) is 0 Å². The molecule has 0 amide bonds. The number of aliphatic hydroxyl groups is 1. The van der Waals surface area contributed by atoms with Gasteiger partial charge >= 0.3 is 41.8 Å². The highest BCUT2D eigenvalue weighted by molar-refractivity contribution is 5.90. The van der Waals surface area contributed by atoms with E-state index >= 15 is 0 Å². The van der Waals surface area contributed by atoms with Crippen LogP contribution in [0.1, 0.15) is 131 Å². The summed E-state index contributed by atoms with van der Waals surface area (Å²) in [4.78, 5) is 79.9. The Morgan fingerprint density at radius 1 is 0.672 bits per heavy atom. The molecule has 15 nitrogen and oxygen atoms in total. The van der Waals surface area contributed by atoms with E-state index in [1.165, 1.54) is 52.4 Å². The molecule has 2 heterocycles. The van der Waals surface area contributed by atoms with E-state index in [4.69, 9.17) is 28.4 Å². The molecule has 8 unspecified atom stereocenters. The second-order valence-corrected chi connectivity index (χ2v) is 21.7. The fraction of sp³-hybridized carbons (Fsp3) is 0.712. The highest BCUT2D eigenvalue weighted by atomic mass is 16.6. The zero-order chi connectivity index (χ0) is 48.7. The SMILES string of the molecule is C=C(C)C(=O)OC1(CC)C2CC3CC(C2)CC1C3.C=C(C)C(=O)OC12CC3CC(CC(O)(C3)C1)C2.C=C(C)C(=O)OC1CCOC1=O.C=C(C)C(=O)OCC(=O)OC1C2CC3C(=O)OC1C3C2. The van der Waals surface area contributed by atoms with Crippen molar-refractivity contribution in [1.82, 2.24) is 0 Å². The summed E-state index contributed by atoms with van der Waals surface area (Å²) >= 11 is 0. The molecule has 67 heavy (non-hydrogen) atoms. The maximum Gasteiger partial charge on any atom is 0.347 e. The molecule has 2 saturated heterocycles. The second-order valence-electron chi connectivity index (χ2n) is 21.7. The first-order valence-electron chi connectivity index (χ1n) is 24.3. The summed E-state index contributed by atoms with van der Waals surface area (Å²) in [5, 5.41) is 10.5. The van der Waals surface area contributed by atoms with E-state index in [1.54, 1.807) is 13.8 Å². The quantitative estimate of drug-likeness (QED) is 0.127. The lowest BCUT2D eigenvalue weighted by Gasteiger charge is -2.60. The van der Waals surface area contributed by atoms with Gasteiger partial charge in [0.15, 0.2) is 6.61 Å². The van der Waals surface area contributed by atoms with Crippen molar-refractivity contribution in [3.8, 4) is 0 Å². The van der Waals surface area contributed by atoms with Crippen LogP contribution in [0, 0.1) is 53.3 Å². The summed E-state index contributed by atoms with van der Waals surface area (Å²) in [5.74, 6) is 1.59. The number of cyclic esters (lactones) is 1. The standard InChI is InChI=1S/C16H24O2.C14H16O6.C14H20O3.C8H10O4/c1-4-16(18-15(17)10(2)3)13-6-11-5-12(8-13)9-14(16)7-11;1-6(2)13(16)18-5-10(15)19-11-7-3-8-9(4-7)14(17)20-12(8)11;1-9(2)12(15)17-14-6-10-3-11(7-14)5-13(16,4-10)8-14;1-5(2)7(9)12-6-3-4-11-8(6)10/h11-14H,2,4-9H2,1,3H3;7-9,11-12H,1,3-5H2,2H3;10-11,16H,1,3-8H2,2H3;6H,1,3-4H2,2H3. The minimum absolute atomic E-state index is 0.0128. The summed E-state index contributed by atoms with van der Waals surface area (Å²) in [6.07, 6.45) is 13.6. The molecule has 1 N–H and O–H groups in total. The van der Waals surface area contributed by atoms with Gasteiger partial charge in [-0.2, -0.15) is 0 Å². The number of hydrogen-bond donors (Lipinski definition) is 1. The van der Waals surface area contributed by atoms with Crippen molar-refractivity contribution in [3.63, 3.8) is 0 Å². The van der Waals surface area contributed by atoms with Gasteiger partial charge in [0.2, 0.25) is 6.10 Å². The van der Waals surface area contributed by atoms with Crippen LogP contribution in [0.4, 0.5) is 0 Å². The van der Waals surface area contributed by atoms with Crippen LogP contribution in [0.3, 0.4) is 0 Å². The lowest BCUT2D eigenvalue weighted by atomic mass is 9.49. The van der Waals surface area contributed by atoms with Crippen molar-refractivity contribution in [3.05, 3.63) is 48.6 Å². The van der Waals surface area contributed by atoms with Crippen molar-refractivity contribution in [2.75, 3.05) is 13.2 Å². The fourth-order valence-corrected chi connectivity index (χ4v) is 13.9. The van der Waals surface area contributed by atoms with Gasteiger partial charge in [-0.3, -0.25) is 4.79 Å². The number of fused-ring (bicyclic) bond motifs is 1. The molecule has 2 aliphatic heterocycles. The number of carbonyl (C=O) groups excluding carboxylic acids is 7. The monoisotopic (exact) mass is 934 g/mol. The van der Waals surface area contributed by atoms with Gasteiger partial charge in [0.05, 0.1) is 18.1 Å². The highest BCUT2D eigenvalue weighted by Crippen LogP contribution is 2.61. The largest absolute Gasteiger partial charge is 0.463 e. The molecule has 0 aromatic rings. The van der Waals surface area contributed by atoms with E-state index in [-0.39, 0.29) is 58.5 Å². The smallest absolute Gasteiger partial charge is 0.347 e. The van der Waals surface area contributed by atoms with Crippen molar-refractivity contribution in [2.45, 2.75) is 166 Å². The Labute approximate surface area is 393 Å². The van der Waals surface area contributed by atoms with E-state index in [0.29, 0.717) is 54.3 Å². The van der Waals surface area contributed by atoms with E-state index in [2.05, 4.69) is 38.0 Å². The van der Waals surface area contributed by atoms with Crippen LogP contribution in [0.25, 0.3) is 0 Å². The summed E-state index contributed by atoms with van der Waals surface area (Å²) in [6.45, 7) is 22.7. The zero-order valence-corrected chi connectivity index (χ0v) is 39.9. The number of hydrogen-bond acceptors (Lipinski definition) is 15. The van der Waals surface area contributed by atoms with Crippen molar-refractivity contribution < 1.29 is 71.8 Å². The van der Waals surface area contributed by atoms with Gasteiger partial charge in [-0.25, -0.2) is 28.8 Å². The predicted molar refractivity (Wildman–Crippen MR) is 240 cm³/mol. The molecular weight excluding hydrogens is 865 g/mol. The van der Waals surface area contributed by atoms with E-state index < -0.39 is 53.9 Å². The number of rotatable bonds is 11. The fourth-order valence-electron chi connectivity index (χ4n) is 13.9. The Hall–Kier alpha value is -4.79. The molecule has 12 fully saturated rings. The molecule has 368 valence electrons. The lowest BCUT2D eigenvalue weighted by Crippen LogP contribution is -2.60. The minimum atomic E-state index is -0.728. The minimum Gasteiger partial charge on any atom is -0.463 e.